The van der Waals surface area contributed by atoms with Gasteiger partial charge < -0.3 is 5.73 Å². The Morgan fingerprint density at radius 1 is 1.47 bits per heavy atom. The Labute approximate surface area is 100 Å². The topological polar surface area (TPSA) is 26.0 Å². The SMILES string of the molecule is Cc1ccc(Cl)c([C@@H](N)C2CC2)c1F.Cl. The van der Waals surface area contributed by atoms with Crippen LogP contribution in [0.2, 0.25) is 5.02 Å². The molecule has 1 atom stereocenters. The Balaban J connectivity index is 0.00000112. The zero-order valence-corrected chi connectivity index (χ0v) is 10.0. The lowest BCUT2D eigenvalue weighted by Crippen LogP contribution is -2.15. The molecule has 1 aromatic carbocycles. The number of hydrogen-bond donors (Lipinski definition) is 1. The molecular weight excluding hydrogens is 236 g/mol. The zero-order chi connectivity index (χ0) is 10.3. The van der Waals surface area contributed by atoms with Gasteiger partial charge in [0, 0.05) is 16.6 Å². The van der Waals surface area contributed by atoms with Crippen LogP contribution in [0.5, 0.6) is 0 Å². The van der Waals surface area contributed by atoms with E-state index in [9.17, 15) is 4.39 Å². The maximum absolute atomic E-state index is 13.7. The lowest BCUT2D eigenvalue weighted by atomic mass is 10.0. The van der Waals surface area contributed by atoms with Crippen LogP contribution < -0.4 is 5.73 Å². The van der Waals surface area contributed by atoms with Crippen molar-refractivity contribution in [3.8, 4) is 0 Å². The first-order valence-corrected chi connectivity index (χ1v) is 5.19. The minimum absolute atomic E-state index is 0. The van der Waals surface area contributed by atoms with Crippen molar-refractivity contribution in [1.82, 2.24) is 0 Å². The summed E-state index contributed by atoms with van der Waals surface area (Å²) in [5.74, 6) is 0.181. The molecule has 0 saturated heterocycles. The molecule has 15 heavy (non-hydrogen) atoms. The second kappa shape index (κ2) is 4.69. The van der Waals surface area contributed by atoms with E-state index in [4.69, 9.17) is 17.3 Å². The molecule has 1 fully saturated rings. The molecule has 1 nitrogen and oxygen atoms in total. The molecule has 1 aliphatic rings. The number of halogens is 3. The van der Waals surface area contributed by atoms with Crippen LogP contribution in [-0.2, 0) is 0 Å². The quantitative estimate of drug-likeness (QED) is 0.852. The molecule has 0 bridgehead atoms. The summed E-state index contributed by atoms with van der Waals surface area (Å²) < 4.78 is 13.7. The van der Waals surface area contributed by atoms with E-state index in [1.54, 1.807) is 19.1 Å². The Hall–Kier alpha value is -0.310. The second-order valence-corrected chi connectivity index (χ2v) is 4.36. The third-order valence-corrected chi connectivity index (χ3v) is 3.11. The molecule has 0 amide bonds. The van der Waals surface area contributed by atoms with Crippen molar-refractivity contribution >= 4 is 24.0 Å². The van der Waals surface area contributed by atoms with Gasteiger partial charge in [0.15, 0.2) is 0 Å². The van der Waals surface area contributed by atoms with Crippen molar-refractivity contribution in [3.63, 3.8) is 0 Å². The maximum atomic E-state index is 13.7. The second-order valence-electron chi connectivity index (χ2n) is 3.96. The monoisotopic (exact) mass is 249 g/mol. The lowest BCUT2D eigenvalue weighted by Gasteiger charge is -2.14. The normalized spacial score (nSPS) is 17.1. The van der Waals surface area contributed by atoms with E-state index in [0.717, 1.165) is 12.8 Å². The molecule has 2 N–H and O–H groups in total. The Morgan fingerprint density at radius 3 is 2.60 bits per heavy atom. The summed E-state index contributed by atoms with van der Waals surface area (Å²) >= 11 is 5.95. The van der Waals surface area contributed by atoms with Crippen LogP contribution in [0.4, 0.5) is 4.39 Å². The number of hydrogen-bond acceptors (Lipinski definition) is 1. The van der Waals surface area contributed by atoms with E-state index in [2.05, 4.69) is 0 Å². The highest BCUT2D eigenvalue weighted by Gasteiger charge is 2.32. The summed E-state index contributed by atoms with van der Waals surface area (Å²) in [7, 11) is 0. The van der Waals surface area contributed by atoms with Gasteiger partial charge in [-0.15, -0.1) is 12.4 Å². The van der Waals surface area contributed by atoms with E-state index >= 15 is 0 Å². The zero-order valence-electron chi connectivity index (χ0n) is 8.47. The van der Waals surface area contributed by atoms with Gasteiger partial charge in [0.25, 0.3) is 0 Å². The summed E-state index contributed by atoms with van der Waals surface area (Å²) in [6.07, 6.45) is 2.18. The minimum Gasteiger partial charge on any atom is -0.324 e. The van der Waals surface area contributed by atoms with Gasteiger partial charge in [-0.05, 0) is 37.3 Å². The highest BCUT2D eigenvalue weighted by molar-refractivity contribution is 6.31. The number of nitrogens with two attached hydrogens (primary N) is 1. The highest BCUT2D eigenvalue weighted by Crippen LogP contribution is 2.42. The molecule has 84 valence electrons. The fraction of sp³-hybridized carbons (Fsp3) is 0.455. The molecule has 0 aromatic heterocycles. The van der Waals surface area contributed by atoms with Crippen LogP contribution in [-0.4, -0.2) is 0 Å². The van der Waals surface area contributed by atoms with Gasteiger partial charge in [0.05, 0.1) is 0 Å². The molecule has 0 unspecified atom stereocenters. The molecular formula is C11H14Cl2FN. The van der Waals surface area contributed by atoms with Crippen LogP contribution in [0.25, 0.3) is 0 Å². The van der Waals surface area contributed by atoms with Gasteiger partial charge in [-0.25, -0.2) is 4.39 Å². The van der Waals surface area contributed by atoms with Crippen molar-refractivity contribution in [1.29, 1.82) is 0 Å². The van der Waals surface area contributed by atoms with E-state index in [0.29, 0.717) is 22.1 Å². The summed E-state index contributed by atoms with van der Waals surface area (Å²) in [6.45, 7) is 1.73. The molecule has 0 spiro atoms. The van der Waals surface area contributed by atoms with E-state index in [-0.39, 0.29) is 24.3 Å². The molecule has 0 heterocycles. The first kappa shape index (κ1) is 12.8. The Bertz CT molecular complexity index is 364. The molecule has 1 aromatic rings. The third-order valence-electron chi connectivity index (χ3n) is 2.78. The van der Waals surface area contributed by atoms with Crippen LogP contribution in [0.3, 0.4) is 0 Å². The lowest BCUT2D eigenvalue weighted by molar-refractivity contribution is 0.548. The first-order valence-electron chi connectivity index (χ1n) is 4.81. The van der Waals surface area contributed by atoms with Crippen molar-refractivity contribution in [3.05, 3.63) is 34.1 Å². The van der Waals surface area contributed by atoms with Gasteiger partial charge in [0.2, 0.25) is 0 Å². The summed E-state index contributed by atoms with van der Waals surface area (Å²) in [4.78, 5) is 0. The summed E-state index contributed by atoms with van der Waals surface area (Å²) in [6, 6.07) is 3.17. The van der Waals surface area contributed by atoms with Crippen molar-refractivity contribution in [2.45, 2.75) is 25.8 Å². The molecule has 4 heteroatoms. The van der Waals surface area contributed by atoms with Crippen molar-refractivity contribution < 1.29 is 4.39 Å². The van der Waals surface area contributed by atoms with Gasteiger partial charge in [0.1, 0.15) is 5.82 Å². The van der Waals surface area contributed by atoms with Crippen molar-refractivity contribution in [2.24, 2.45) is 11.7 Å². The van der Waals surface area contributed by atoms with Crippen molar-refractivity contribution in [2.75, 3.05) is 0 Å². The van der Waals surface area contributed by atoms with E-state index in [1.807, 2.05) is 0 Å². The van der Waals surface area contributed by atoms with E-state index in [1.165, 1.54) is 0 Å². The molecule has 1 saturated carbocycles. The fourth-order valence-electron chi connectivity index (χ4n) is 1.67. The Kier molecular flexibility index (Phi) is 3.99. The van der Waals surface area contributed by atoms with Gasteiger partial charge in [-0.3, -0.25) is 0 Å². The van der Waals surface area contributed by atoms with Crippen LogP contribution in [0.15, 0.2) is 12.1 Å². The largest absolute Gasteiger partial charge is 0.324 e. The first-order chi connectivity index (χ1) is 6.61. The van der Waals surface area contributed by atoms with Crippen LogP contribution in [0, 0.1) is 18.7 Å². The Morgan fingerprint density at radius 2 is 2.07 bits per heavy atom. The summed E-state index contributed by atoms with van der Waals surface area (Å²) in [5.41, 5.74) is 7.05. The van der Waals surface area contributed by atoms with E-state index < -0.39 is 0 Å². The van der Waals surface area contributed by atoms with Gasteiger partial charge in [-0.2, -0.15) is 0 Å². The molecule has 2 rings (SSSR count). The van der Waals surface area contributed by atoms with Gasteiger partial charge in [-0.1, -0.05) is 17.7 Å². The average Bonchev–Trinajstić information content (AvgIpc) is 2.95. The average molecular weight is 250 g/mol. The summed E-state index contributed by atoms with van der Waals surface area (Å²) in [5, 5.41) is 0.451. The standard InChI is InChI=1S/C11H13ClFN.ClH/c1-6-2-5-8(12)9(10(6)13)11(14)7-3-4-7;/h2,5,7,11H,3-4,14H2,1H3;1H/t11-;/m0./s1. The smallest absolute Gasteiger partial charge is 0.132 e. The number of rotatable bonds is 2. The predicted octanol–water partition coefficient (Wildman–Crippen LogP) is 3.62. The molecule has 0 radical (unpaired) electrons. The predicted molar refractivity (Wildman–Crippen MR) is 63.0 cm³/mol. The van der Waals surface area contributed by atoms with Crippen LogP contribution >= 0.6 is 24.0 Å². The highest BCUT2D eigenvalue weighted by atomic mass is 35.5. The molecule has 0 aliphatic heterocycles. The molecule has 1 aliphatic carbocycles. The number of aryl methyl sites for hydroxylation is 1. The minimum atomic E-state index is -0.239. The maximum Gasteiger partial charge on any atom is 0.132 e. The van der Waals surface area contributed by atoms with Gasteiger partial charge >= 0.3 is 0 Å². The number of benzene rings is 1. The van der Waals surface area contributed by atoms with Crippen LogP contribution in [0.1, 0.15) is 30.0 Å². The fourth-order valence-corrected chi connectivity index (χ4v) is 1.95. The third kappa shape index (κ3) is 2.44.